The lowest BCUT2D eigenvalue weighted by atomic mass is 10.1. The Kier molecular flexibility index (Phi) is 3.05. The molecule has 18 heavy (non-hydrogen) atoms. The molecule has 1 fully saturated rings. The van der Waals surface area contributed by atoms with E-state index in [2.05, 4.69) is 15.1 Å². The van der Waals surface area contributed by atoms with E-state index in [9.17, 15) is 4.21 Å². The quantitative estimate of drug-likeness (QED) is 0.816. The summed E-state index contributed by atoms with van der Waals surface area (Å²) in [5.74, 6) is 0.900. The molecule has 0 amide bonds. The molecule has 1 aromatic heterocycles. The Bertz CT molecular complexity index is 590. The van der Waals surface area contributed by atoms with Gasteiger partial charge >= 0.3 is 0 Å². The van der Waals surface area contributed by atoms with Gasteiger partial charge in [0.2, 0.25) is 0 Å². The molecule has 96 valence electrons. The molecule has 3 rings (SSSR count). The number of piperidine rings is 1. The van der Waals surface area contributed by atoms with Crippen LogP contribution in [0, 0.1) is 0 Å². The lowest BCUT2D eigenvalue weighted by molar-refractivity contribution is 0.564. The molecule has 1 unspecified atom stereocenters. The van der Waals surface area contributed by atoms with Crippen LogP contribution in [0.25, 0.3) is 10.9 Å². The highest BCUT2D eigenvalue weighted by Crippen LogP contribution is 2.27. The smallest absolute Gasteiger partial charge is 0.186 e. The maximum Gasteiger partial charge on any atom is 0.186 e. The molecule has 1 aromatic carbocycles. The molecule has 0 aliphatic carbocycles. The van der Waals surface area contributed by atoms with Crippen molar-refractivity contribution in [2.75, 3.05) is 18.0 Å². The third-order valence-corrected chi connectivity index (χ3v) is 4.03. The summed E-state index contributed by atoms with van der Waals surface area (Å²) in [6, 6.07) is 5.20. The van der Waals surface area contributed by atoms with Crippen LogP contribution < -0.4 is 4.90 Å². The summed E-state index contributed by atoms with van der Waals surface area (Å²) in [7, 11) is 0. The second-order valence-electron chi connectivity index (χ2n) is 4.55. The minimum Gasteiger partial charge on any atom is -0.355 e. The Morgan fingerprint density at radius 2 is 2.06 bits per heavy atom. The Labute approximate surface area is 107 Å². The molecule has 0 bridgehead atoms. The summed E-state index contributed by atoms with van der Waals surface area (Å²) in [6.07, 6.45) is 3.63. The monoisotopic (exact) mass is 265 g/mol. The Morgan fingerprint density at radius 1 is 1.28 bits per heavy atom. The number of hydrogen-bond acceptors (Lipinski definition) is 3. The van der Waals surface area contributed by atoms with Crippen LogP contribution in [-0.2, 0) is 11.1 Å². The minimum absolute atomic E-state index is 0.419. The molecule has 2 heterocycles. The van der Waals surface area contributed by atoms with E-state index in [-0.39, 0.29) is 0 Å². The minimum atomic E-state index is -1.94. The zero-order valence-corrected chi connectivity index (χ0v) is 10.7. The molecule has 1 saturated heterocycles. The fourth-order valence-corrected chi connectivity index (χ4v) is 2.84. The van der Waals surface area contributed by atoms with Crippen LogP contribution in [0.5, 0.6) is 0 Å². The van der Waals surface area contributed by atoms with Crippen molar-refractivity contribution in [2.45, 2.75) is 24.2 Å². The maximum absolute atomic E-state index is 11.1. The standard InChI is InChI=1S/C12H15N3O2S/c16-18(17)9-4-5-11-10(8-9)12(14-13-11)15-6-2-1-3-7-15/h4-5,8H,1-3,6-7H2,(H,13,14)(H,16,17). The summed E-state index contributed by atoms with van der Waals surface area (Å²) < 4.78 is 20.3. The van der Waals surface area contributed by atoms with E-state index in [0.717, 1.165) is 29.8 Å². The first-order valence-corrected chi connectivity index (χ1v) is 7.20. The summed E-state index contributed by atoms with van der Waals surface area (Å²) in [5.41, 5.74) is 0.907. The van der Waals surface area contributed by atoms with Gasteiger partial charge in [0.05, 0.1) is 10.4 Å². The van der Waals surface area contributed by atoms with E-state index in [1.165, 1.54) is 19.3 Å². The first-order chi connectivity index (χ1) is 8.75. The van der Waals surface area contributed by atoms with E-state index < -0.39 is 11.1 Å². The fraction of sp³-hybridized carbons (Fsp3) is 0.417. The van der Waals surface area contributed by atoms with Crippen molar-refractivity contribution in [3.8, 4) is 0 Å². The summed E-state index contributed by atoms with van der Waals surface area (Å²) in [5, 5.41) is 8.25. The number of H-pyrrole nitrogens is 1. The van der Waals surface area contributed by atoms with Crippen LogP contribution in [-0.4, -0.2) is 32.0 Å². The molecule has 1 aliphatic rings. The van der Waals surface area contributed by atoms with Gasteiger partial charge in [-0.3, -0.25) is 5.10 Å². The summed E-state index contributed by atoms with van der Waals surface area (Å²) in [4.78, 5) is 2.66. The van der Waals surface area contributed by atoms with Crippen molar-refractivity contribution in [1.82, 2.24) is 10.2 Å². The first kappa shape index (κ1) is 11.7. The molecule has 0 saturated carbocycles. The number of nitrogens with zero attached hydrogens (tertiary/aromatic N) is 2. The van der Waals surface area contributed by atoms with Crippen molar-refractivity contribution in [2.24, 2.45) is 0 Å². The van der Waals surface area contributed by atoms with E-state index in [0.29, 0.717) is 4.90 Å². The van der Waals surface area contributed by atoms with Gasteiger partial charge in [-0.15, -0.1) is 0 Å². The van der Waals surface area contributed by atoms with E-state index >= 15 is 0 Å². The SMILES string of the molecule is O=S(O)c1ccc2[nH]nc(N3CCCCC3)c2c1. The van der Waals surface area contributed by atoms with Crippen molar-refractivity contribution < 1.29 is 8.76 Å². The van der Waals surface area contributed by atoms with Crippen molar-refractivity contribution in [1.29, 1.82) is 0 Å². The number of aromatic amines is 1. The lowest BCUT2D eigenvalue weighted by Crippen LogP contribution is -2.29. The largest absolute Gasteiger partial charge is 0.355 e. The highest BCUT2D eigenvalue weighted by atomic mass is 32.2. The van der Waals surface area contributed by atoms with Gasteiger partial charge in [-0.2, -0.15) is 5.10 Å². The number of aromatic nitrogens is 2. The molecule has 1 aliphatic heterocycles. The zero-order chi connectivity index (χ0) is 12.5. The van der Waals surface area contributed by atoms with E-state index in [1.54, 1.807) is 18.2 Å². The second kappa shape index (κ2) is 4.70. The molecule has 0 spiro atoms. The third-order valence-electron chi connectivity index (χ3n) is 3.37. The Hall–Kier alpha value is -1.40. The maximum atomic E-state index is 11.1. The Balaban J connectivity index is 2.05. The van der Waals surface area contributed by atoms with Gasteiger partial charge in [0.1, 0.15) is 0 Å². The molecule has 2 aromatic rings. The van der Waals surface area contributed by atoms with Crippen molar-refractivity contribution >= 4 is 27.8 Å². The van der Waals surface area contributed by atoms with Crippen LogP contribution in [0.15, 0.2) is 23.1 Å². The average Bonchev–Trinajstić information content (AvgIpc) is 2.82. The second-order valence-corrected chi connectivity index (χ2v) is 5.52. The molecule has 6 heteroatoms. The number of hydrogen-bond donors (Lipinski definition) is 2. The molecular formula is C12H15N3O2S. The van der Waals surface area contributed by atoms with E-state index in [1.807, 2.05) is 0 Å². The summed E-state index contributed by atoms with van der Waals surface area (Å²) >= 11 is -1.94. The van der Waals surface area contributed by atoms with Crippen LogP contribution in [0.1, 0.15) is 19.3 Å². The normalized spacial score (nSPS) is 18.2. The molecule has 0 radical (unpaired) electrons. The predicted octanol–water partition coefficient (Wildman–Crippen LogP) is 2.13. The van der Waals surface area contributed by atoms with Crippen LogP contribution in [0.2, 0.25) is 0 Å². The van der Waals surface area contributed by atoms with Crippen LogP contribution in [0.4, 0.5) is 5.82 Å². The predicted molar refractivity (Wildman–Crippen MR) is 71.2 cm³/mol. The highest BCUT2D eigenvalue weighted by Gasteiger charge is 2.17. The zero-order valence-electron chi connectivity index (χ0n) is 9.93. The number of nitrogens with one attached hydrogen (secondary N) is 1. The molecular weight excluding hydrogens is 250 g/mol. The topological polar surface area (TPSA) is 69.2 Å². The van der Waals surface area contributed by atoms with Crippen LogP contribution in [0.3, 0.4) is 0 Å². The van der Waals surface area contributed by atoms with Crippen molar-refractivity contribution in [3.63, 3.8) is 0 Å². The van der Waals surface area contributed by atoms with Gasteiger partial charge in [-0.25, -0.2) is 4.21 Å². The third kappa shape index (κ3) is 2.02. The highest BCUT2D eigenvalue weighted by molar-refractivity contribution is 7.79. The van der Waals surface area contributed by atoms with Gasteiger partial charge in [0, 0.05) is 18.5 Å². The number of benzene rings is 1. The van der Waals surface area contributed by atoms with E-state index in [4.69, 9.17) is 4.55 Å². The number of anilines is 1. The molecule has 5 nitrogen and oxygen atoms in total. The molecule has 2 N–H and O–H groups in total. The number of fused-ring (bicyclic) bond motifs is 1. The number of rotatable bonds is 2. The fourth-order valence-electron chi connectivity index (χ4n) is 2.43. The van der Waals surface area contributed by atoms with Gasteiger partial charge in [-0.1, -0.05) is 0 Å². The lowest BCUT2D eigenvalue weighted by Gasteiger charge is -2.26. The first-order valence-electron chi connectivity index (χ1n) is 6.09. The molecule has 1 atom stereocenters. The average molecular weight is 265 g/mol. The van der Waals surface area contributed by atoms with Gasteiger partial charge in [0.15, 0.2) is 16.9 Å². The van der Waals surface area contributed by atoms with Gasteiger partial charge in [0.25, 0.3) is 0 Å². The van der Waals surface area contributed by atoms with Crippen molar-refractivity contribution in [3.05, 3.63) is 18.2 Å². The van der Waals surface area contributed by atoms with Gasteiger partial charge in [-0.05, 0) is 37.5 Å². The van der Waals surface area contributed by atoms with Gasteiger partial charge < -0.3 is 9.45 Å². The van der Waals surface area contributed by atoms with Crippen LogP contribution >= 0.6 is 0 Å². The Morgan fingerprint density at radius 3 is 2.78 bits per heavy atom. The summed E-state index contributed by atoms with van der Waals surface area (Å²) in [6.45, 7) is 2.01.